The van der Waals surface area contributed by atoms with Crippen LogP contribution in [0.2, 0.25) is 0 Å². The smallest absolute Gasteiger partial charge is 0.241 e. The van der Waals surface area contributed by atoms with Gasteiger partial charge in [-0.05, 0) is 29.8 Å². The third-order valence-electron chi connectivity index (χ3n) is 3.28. The molecule has 0 amide bonds. The van der Waals surface area contributed by atoms with Crippen LogP contribution in [0.15, 0.2) is 53.7 Å². The van der Waals surface area contributed by atoms with Crippen LogP contribution in [0.25, 0.3) is 5.70 Å². The molecule has 0 spiro atoms. The molecule has 5 N–H and O–H groups in total. The molecular formula is C16H17FN6O2S. The highest BCUT2D eigenvalue weighted by atomic mass is 32.2. The Kier molecular flexibility index (Phi) is 6.24. The maximum absolute atomic E-state index is 12.8. The van der Waals surface area contributed by atoms with Crippen molar-refractivity contribution in [2.45, 2.75) is 11.4 Å². The Hall–Kier alpha value is -3.00. The normalized spacial score (nSPS) is 11.8. The largest absolute Gasteiger partial charge is 0.397 e. The van der Waals surface area contributed by atoms with E-state index in [1.807, 2.05) is 0 Å². The molecule has 8 nitrogen and oxygen atoms in total. The maximum atomic E-state index is 12.8. The molecule has 0 unspecified atom stereocenters. The van der Waals surface area contributed by atoms with Crippen LogP contribution in [-0.2, 0) is 16.6 Å². The number of hydrogen-bond donors (Lipinski definition) is 3. The number of nitrogens with two attached hydrogens (primary N) is 2. The molecular weight excluding hydrogens is 359 g/mol. The highest BCUT2D eigenvalue weighted by molar-refractivity contribution is 7.89. The number of pyridine rings is 1. The van der Waals surface area contributed by atoms with E-state index in [-0.39, 0.29) is 18.0 Å². The highest BCUT2D eigenvalue weighted by Gasteiger charge is 2.13. The first kappa shape index (κ1) is 19.3. The second kappa shape index (κ2) is 8.39. The Morgan fingerprint density at radius 2 is 2.00 bits per heavy atom. The molecule has 0 fully saturated rings. The summed E-state index contributed by atoms with van der Waals surface area (Å²) in [6.07, 6.45) is 2.55. The zero-order valence-electron chi connectivity index (χ0n) is 13.6. The third kappa shape index (κ3) is 5.25. The quantitative estimate of drug-likeness (QED) is 0.366. The summed E-state index contributed by atoms with van der Waals surface area (Å²) < 4.78 is 38.8. The Labute approximate surface area is 150 Å². The van der Waals surface area contributed by atoms with E-state index < -0.39 is 15.8 Å². The molecule has 1 aromatic heterocycles. The zero-order chi connectivity index (χ0) is 19.2. The molecule has 0 aliphatic rings. The van der Waals surface area contributed by atoms with Gasteiger partial charge in [-0.1, -0.05) is 12.1 Å². The lowest BCUT2D eigenvalue weighted by molar-refractivity contribution is 0.382. The molecule has 0 atom stereocenters. The van der Waals surface area contributed by atoms with Crippen molar-refractivity contribution < 1.29 is 12.8 Å². The predicted octanol–water partition coefficient (Wildman–Crippen LogP) is 0.656. The number of nitrogens with one attached hydrogen (secondary N) is 1. The number of benzene rings is 1. The SMILES string of the molecule is N#CCNS(=O)(=O)c1ccc(/C(N)=C/N(N)Cc2ccc(F)cn2)cc1. The van der Waals surface area contributed by atoms with E-state index in [2.05, 4.69) is 9.71 Å². The van der Waals surface area contributed by atoms with Crippen LogP contribution in [0.4, 0.5) is 4.39 Å². The number of aromatic nitrogens is 1. The van der Waals surface area contributed by atoms with Gasteiger partial charge in [0.05, 0.1) is 41.6 Å². The van der Waals surface area contributed by atoms with E-state index in [9.17, 15) is 12.8 Å². The first-order valence-electron chi connectivity index (χ1n) is 7.38. The lowest BCUT2D eigenvalue weighted by Gasteiger charge is -2.15. The van der Waals surface area contributed by atoms with Crippen LogP contribution < -0.4 is 16.3 Å². The van der Waals surface area contributed by atoms with Crippen LogP contribution >= 0.6 is 0 Å². The molecule has 136 valence electrons. The third-order valence-corrected chi connectivity index (χ3v) is 4.69. The summed E-state index contributed by atoms with van der Waals surface area (Å²) in [7, 11) is -3.74. The monoisotopic (exact) mass is 376 g/mol. The van der Waals surface area contributed by atoms with Crippen LogP contribution in [0.5, 0.6) is 0 Å². The van der Waals surface area contributed by atoms with Crippen LogP contribution in [0.1, 0.15) is 11.3 Å². The van der Waals surface area contributed by atoms with Crippen LogP contribution in [-0.4, -0.2) is 25.0 Å². The fourth-order valence-electron chi connectivity index (χ4n) is 2.02. The molecule has 0 bridgehead atoms. The van der Waals surface area contributed by atoms with Gasteiger partial charge in [0.2, 0.25) is 10.0 Å². The van der Waals surface area contributed by atoms with Gasteiger partial charge in [-0.25, -0.2) is 18.7 Å². The summed E-state index contributed by atoms with van der Waals surface area (Å²) in [5.74, 6) is 5.40. The van der Waals surface area contributed by atoms with Gasteiger partial charge < -0.3 is 10.7 Å². The van der Waals surface area contributed by atoms with Crippen molar-refractivity contribution in [2.75, 3.05) is 6.54 Å². The van der Waals surface area contributed by atoms with E-state index in [0.717, 1.165) is 6.20 Å². The topological polar surface area (TPSA) is 138 Å². The Morgan fingerprint density at radius 3 is 2.58 bits per heavy atom. The molecule has 0 saturated carbocycles. The zero-order valence-corrected chi connectivity index (χ0v) is 14.4. The minimum atomic E-state index is -3.74. The number of halogens is 1. The first-order chi connectivity index (χ1) is 12.3. The van der Waals surface area contributed by atoms with Gasteiger partial charge in [-0.3, -0.25) is 4.98 Å². The Bertz CT molecular complexity index is 921. The average molecular weight is 376 g/mol. The Balaban J connectivity index is 2.08. The number of nitrogens with zero attached hydrogens (tertiary/aromatic N) is 3. The van der Waals surface area contributed by atoms with Crippen molar-refractivity contribution in [3.8, 4) is 6.07 Å². The number of nitriles is 1. The fourth-order valence-corrected chi connectivity index (χ4v) is 2.94. The minimum absolute atomic E-state index is 0.0180. The van der Waals surface area contributed by atoms with Gasteiger partial charge in [0.25, 0.3) is 0 Å². The molecule has 1 aromatic carbocycles. The fraction of sp³-hybridized carbons (Fsp3) is 0.125. The molecule has 10 heteroatoms. The van der Waals surface area contributed by atoms with Gasteiger partial charge in [-0.15, -0.1) is 0 Å². The van der Waals surface area contributed by atoms with E-state index in [4.69, 9.17) is 16.8 Å². The van der Waals surface area contributed by atoms with Gasteiger partial charge in [0.15, 0.2) is 0 Å². The summed E-state index contributed by atoms with van der Waals surface area (Å²) in [5.41, 5.74) is 7.39. The van der Waals surface area contributed by atoms with Crippen LogP contribution in [0, 0.1) is 17.1 Å². The average Bonchev–Trinajstić information content (AvgIpc) is 2.62. The van der Waals surface area contributed by atoms with Crippen molar-refractivity contribution in [3.05, 3.63) is 65.9 Å². The second-order valence-corrected chi connectivity index (χ2v) is 7.00. The second-order valence-electron chi connectivity index (χ2n) is 5.23. The highest BCUT2D eigenvalue weighted by Crippen LogP contribution is 2.15. The summed E-state index contributed by atoms with van der Waals surface area (Å²) in [6, 6.07) is 10.3. The van der Waals surface area contributed by atoms with Crippen molar-refractivity contribution in [3.63, 3.8) is 0 Å². The lowest BCUT2D eigenvalue weighted by atomic mass is 10.2. The lowest BCUT2D eigenvalue weighted by Crippen LogP contribution is -2.26. The van der Waals surface area contributed by atoms with Crippen molar-refractivity contribution in [1.82, 2.24) is 14.7 Å². The van der Waals surface area contributed by atoms with E-state index in [1.54, 1.807) is 6.07 Å². The van der Waals surface area contributed by atoms with Crippen molar-refractivity contribution in [2.24, 2.45) is 11.6 Å². The summed E-state index contributed by atoms with van der Waals surface area (Å²) >= 11 is 0. The van der Waals surface area contributed by atoms with Gasteiger partial charge in [-0.2, -0.15) is 9.98 Å². The van der Waals surface area contributed by atoms with E-state index in [1.165, 1.54) is 47.6 Å². The first-order valence-corrected chi connectivity index (χ1v) is 8.86. The maximum Gasteiger partial charge on any atom is 0.241 e. The molecule has 2 aromatic rings. The molecule has 1 heterocycles. The van der Waals surface area contributed by atoms with Crippen molar-refractivity contribution >= 4 is 15.7 Å². The van der Waals surface area contributed by atoms with Gasteiger partial charge in [0, 0.05) is 6.20 Å². The molecule has 0 radical (unpaired) electrons. The number of hydrogen-bond acceptors (Lipinski definition) is 7. The number of rotatable bonds is 7. The molecule has 0 aliphatic heterocycles. The van der Waals surface area contributed by atoms with Gasteiger partial charge in [0.1, 0.15) is 5.82 Å². The summed E-state index contributed by atoms with van der Waals surface area (Å²) in [5, 5.41) is 9.74. The van der Waals surface area contributed by atoms with Crippen molar-refractivity contribution in [1.29, 1.82) is 5.26 Å². The Morgan fingerprint density at radius 1 is 1.31 bits per heavy atom. The van der Waals surface area contributed by atoms with E-state index in [0.29, 0.717) is 17.0 Å². The molecule has 0 aliphatic carbocycles. The van der Waals surface area contributed by atoms with Crippen LogP contribution in [0.3, 0.4) is 0 Å². The minimum Gasteiger partial charge on any atom is -0.397 e. The summed E-state index contributed by atoms with van der Waals surface area (Å²) in [4.78, 5) is 3.92. The van der Waals surface area contributed by atoms with Gasteiger partial charge >= 0.3 is 0 Å². The predicted molar refractivity (Wildman–Crippen MR) is 93.3 cm³/mol. The molecule has 2 rings (SSSR count). The number of hydrazine groups is 1. The summed E-state index contributed by atoms with van der Waals surface area (Å²) in [6.45, 7) is -0.1000. The van der Waals surface area contributed by atoms with E-state index >= 15 is 0 Å². The standard InChI is InChI=1S/C16H17FN6O2S/c17-13-3-4-14(21-9-13)10-23(20)11-16(19)12-1-5-15(6-2-12)26(24,25)22-8-7-18/h1-6,9,11,22H,8,10,19-20H2/b16-11-. The number of sulfonamides is 1. The molecule has 26 heavy (non-hydrogen) atoms. The molecule has 0 saturated heterocycles.